The molecule has 0 aliphatic carbocycles. The molecule has 0 saturated carbocycles. The van der Waals surface area contributed by atoms with Crippen LogP contribution in [0.4, 0.5) is 0 Å². The maximum atomic E-state index is 9.23. The lowest BCUT2D eigenvalue weighted by Crippen LogP contribution is -1.95. The van der Waals surface area contributed by atoms with E-state index >= 15 is 0 Å². The Balaban J connectivity index is 1.80. The number of hydrogen-bond donors (Lipinski definition) is 2. The van der Waals surface area contributed by atoms with Gasteiger partial charge < -0.3 is 5.73 Å². The number of nitriles is 2. The highest BCUT2D eigenvalue weighted by Crippen LogP contribution is 2.44. The molecule has 0 aromatic heterocycles. The molecule has 3 N–H and O–H groups in total. The summed E-state index contributed by atoms with van der Waals surface area (Å²) in [6.07, 6.45) is 6.88. The van der Waals surface area contributed by atoms with Gasteiger partial charge in [0.15, 0.2) is 0 Å². The molecular formula is C38H28N4. The van der Waals surface area contributed by atoms with E-state index in [1.807, 2.05) is 49.4 Å². The molecule has 0 radical (unpaired) electrons. The number of benzene rings is 5. The van der Waals surface area contributed by atoms with Crippen LogP contribution in [0.5, 0.6) is 0 Å². The maximum absolute atomic E-state index is 9.23. The van der Waals surface area contributed by atoms with Crippen molar-refractivity contribution < 1.29 is 0 Å². The molecule has 0 bridgehead atoms. The summed E-state index contributed by atoms with van der Waals surface area (Å²) in [5, 5.41) is 30.7. The molecule has 0 fully saturated rings. The van der Waals surface area contributed by atoms with Crippen molar-refractivity contribution in [3.8, 4) is 34.4 Å². The number of fused-ring (bicyclic) bond motifs is 2. The molecule has 5 aromatic rings. The molecule has 0 spiro atoms. The second-order valence-corrected chi connectivity index (χ2v) is 9.79. The fourth-order valence-corrected chi connectivity index (χ4v) is 5.44. The predicted octanol–water partition coefficient (Wildman–Crippen LogP) is 9.21. The lowest BCUT2D eigenvalue weighted by molar-refractivity contribution is 1.39. The van der Waals surface area contributed by atoms with Crippen LogP contribution < -0.4 is 5.73 Å². The summed E-state index contributed by atoms with van der Waals surface area (Å²) in [5.41, 5.74) is 13.7. The minimum atomic E-state index is -0.121. The maximum Gasteiger partial charge on any atom is 0.132 e. The SMILES string of the molecule is C=C/C(=C\C(=N)C#N)c1cccc(-c2c3ccccc3c(-c3cccc(C(/C=C(\N)C#N)=C/C)c3)c3ccccc23)c1. The third kappa shape index (κ3) is 5.26. The highest BCUT2D eigenvalue weighted by Gasteiger charge is 2.17. The molecule has 5 aromatic carbocycles. The lowest BCUT2D eigenvalue weighted by Gasteiger charge is -2.18. The third-order valence-corrected chi connectivity index (χ3v) is 7.29. The predicted molar refractivity (Wildman–Crippen MR) is 175 cm³/mol. The van der Waals surface area contributed by atoms with Crippen molar-refractivity contribution in [2.45, 2.75) is 6.92 Å². The van der Waals surface area contributed by atoms with Gasteiger partial charge in [-0.1, -0.05) is 104 Å². The number of nitrogens with two attached hydrogens (primary N) is 1. The molecule has 4 heteroatoms. The number of hydrogen-bond acceptors (Lipinski definition) is 4. The van der Waals surface area contributed by atoms with Crippen LogP contribution in [-0.4, -0.2) is 5.71 Å². The van der Waals surface area contributed by atoms with Crippen LogP contribution in [-0.2, 0) is 0 Å². The molecule has 0 aliphatic rings. The van der Waals surface area contributed by atoms with Gasteiger partial charge >= 0.3 is 0 Å². The Kier molecular flexibility index (Phi) is 7.91. The standard InChI is InChI=1S/C38H28N4/c1-3-25(21-31(41)23-39)27-11-9-13-29(19-27)37-33-15-5-7-17-35(33)38(36-18-8-6-16-34(36)37)30-14-10-12-28(20-30)26(4-2)22-32(42)24-40/h3-22,41H,1,42H2,2H3/b25-21+,26-4+,32-22-,41-31?. The van der Waals surface area contributed by atoms with Crippen LogP contribution in [0.25, 0.3) is 54.9 Å². The normalized spacial score (nSPS) is 12.1. The lowest BCUT2D eigenvalue weighted by atomic mass is 9.85. The summed E-state index contributed by atoms with van der Waals surface area (Å²) >= 11 is 0. The van der Waals surface area contributed by atoms with Crippen LogP contribution in [0.3, 0.4) is 0 Å². The Hall–Kier alpha value is -5.97. The molecule has 0 saturated heterocycles. The highest BCUT2D eigenvalue weighted by atomic mass is 14.6. The van der Waals surface area contributed by atoms with E-state index in [0.717, 1.165) is 66.1 Å². The second kappa shape index (κ2) is 12.0. The van der Waals surface area contributed by atoms with Gasteiger partial charge in [-0.2, -0.15) is 10.5 Å². The summed E-state index contributed by atoms with van der Waals surface area (Å²) < 4.78 is 0. The quantitative estimate of drug-likeness (QED) is 0.0931. The van der Waals surface area contributed by atoms with Crippen molar-refractivity contribution in [1.82, 2.24) is 0 Å². The monoisotopic (exact) mass is 540 g/mol. The van der Waals surface area contributed by atoms with Gasteiger partial charge in [0, 0.05) is 0 Å². The van der Waals surface area contributed by atoms with Crippen molar-refractivity contribution in [2.75, 3.05) is 0 Å². The average Bonchev–Trinajstić information content (AvgIpc) is 3.04. The Bertz CT molecular complexity index is 2000. The van der Waals surface area contributed by atoms with Gasteiger partial charge in [-0.3, -0.25) is 5.41 Å². The van der Waals surface area contributed by atoms with Crippen LogP contribution in [0.2, 0.25) is 0 Å². The molecule has 0 heterocycles. The number of nitrogens with zero attached hydrogens (tertiary/aromatic N) is 2. The van der Waals surface area contributed by atoms with E-state index in [0.29, 0.717) is 0 Å². The molecule has 0 aliphatic heterocycles. The average molecular weight is 541 g/mol. The van der Waals surface area contributed by atoms with Gasteiger partial charge in [0.25, 0.3) is 0 Å². The molecule has 0 unspecified atom stereocenters. The van der Waals surface area contributed by atoms with Gasteiger partial charge in [-0.25, -0.2) is 0 Å². The van der Waals surface area contributed by atoms with E-state index in [2.05, 4.69) is 79.4 Å². The van der Waals surface area contributed by atoms with Gasteiger partial charge in [0.05, 0.1) is 0 Å². The topological polar surface area (TPSA) is 97.4 Å². The second-order valence-electron chi connectivity index (χ2n) is 9.79. The summed E-state index contributed by atoms with van der Waals surface area (Å²) in [6.45, 7) is 5.85. The van der Waals surface area contributed by atoms with Crippen molar-refractivity contribution >= 4 is 38.4 Å². The van der Waals surface area contributed by atoms with Crippen LogP contribution in [0, 0.1) is 28.1 Å². The Morgan fingerprint density at radius 3 is 1.57 bits per heavy atom. The number of nitrogens with one attached hydrogen (secondary N) is 1. The van der Waals surface area contributed by atoms with Gasteiger partial charge in [0.2, 0.25) is 0 Å². The Morgan fingerprint density at radius 1 is 0.690 bits per heavy atom. The highest BCUT2D eigenvalue weighted by molar-refractivity contribution is 6.21. The van der Waals surface area contributed by atoms with E-state index in [1.54, 1.807) is 12.2 Å². The van der Waals surface area contributed by atoms with Crippen molar-refractivity contribution in [2.24, 2.45) is 5.73 Å². The zero-order valence-electron chi connectivity index (χ0n) is 23.2. The van der Waals surface area contributed by atoms with Crippen molar-refractivity contribution in [3.63, 3.8) is 0 Å². The minimum absolute atomic E-state index is 0.121. The number of rotatable bonds is 7. The first-order chi connectivity index (χ1) is 20.5. The third-order valence-electron chi connectivity index (χ3n) is 7.29. The van der Waals surface area contributed by atoms with Crippen LogP contribution in [0.15, 0.2) is 134 Å². The molecule has 0 amide bonds. The number of allylic oxidation sites excluding steroid dienone is 7. The van der Waals surface area contributed by atoms with Crippen LogP contribution >= 0.6 is 0 Å². The van der Waals surface area contributed by atoms with Gasteiger partial charge in [-0.15, -0.1) is 0 Å². The minimum Gasteiger partial charge on any atom is -0.390 e. The first-order valence-corrected chi connectivity index (χ1v) is 13.5. The van der Waals surface area contributed by atoms with Gasteiger partial charge in [0.1, 0.15) is 23.5 Å². The molecular weight excluding hydrogens is 512 g/mol. The van der Waals surface area contributed by atoms with Crippen molar-refractivity contribution in [1.29, 1.82) is 15.9 Å². The van der Waals surface area contributed by atoms with E-state index in [1.165, 1.54) is 6.08 Å². The first-order valence-electron chi connectivity index (χ1n) is 13.5. The molecule has 42 heavy (non-hydrogen) atoms. The molecule has 5 rings (SSSR count). The Morgan fingerprint density at radius 2 is 1.17 bits per heavy atom. The summed E-state index contributed by atoms with van der Waals surface area (Å²) in [5.74, 6) is 0. The zero-order chi connectivity index (χ0) is 29.6. The summed E-state index contributed by atoms with van der Waals surface area (Å²) in [7, 11) is 0. The van der Waals surface area contributed by atoms with E-state index in [4.69, 9.17) is 16.4 Å². The zero-order valence-corrected chi connectivity index (χ0v) is 23.2. The van der Waals surface area contributed by atoms with E-state index < -0.39 is 0 Å². The largest absolute Gasteiger partial charge is 0.390 e. The molecule has 4 nitrogen and oxygen atoms in total. The summed E-state index contributed by atoms with van der Waals surface area (Å²) in [6, 6.07) is 37.2. The van der Waals surface area contributed by atoms with Crippen LogP contribution in [0.1, 0.15) is 18.1 Å². The Labute approximate surface area is 245 Å². The smallest absolute Gasteiger partial charge is 0.132 e. The summed E-state index contributed by atoms with van der Waals surface area (Å²) in [4.78, 5) is 0. The first kappa shape index (κ1) is 27.6. The van der Waals surface area contributed by atoms with E-state index in [9.17, 15) is 5.26 Å². The fraction of sp³-hybridized carbons (Fsp3) is 0.0263. The molecule has 0 atom stereocenters. The van der Waals surface area contributed by atoms with E-state index in [-0.39, 0.29) is 11.4 Å². The van der Waals surface area contributed by atoms with Gasteiger partial charge in [-0.05, 0) is 97.3 Å². The van der Waals surface area contributed by atoms with Crippen molar-refractivity contribution in [3.05, 3.63) is 145 Å². The fourth-order valence-electron chi connectivity index (χ4n) is 5.44. The molecule has 200 valence electrons.